The van der Waals surface area contributed by atoms with E-state index < -0.39 is 6.61 Å². The highest BCUT2D eigenvalue weighted by molar-refractivity contribution is 5.93. The molecule has 1 N–H and O–H groups in total. The van der Waals surface area contributed by atoms with Gasteiger partial charge in [-0.1, -0.05) is 12.1 Å². The summed E-state index contributed by atoms with van der Waals surface area (Å²) in [4.78, 5) is 14.4. The van der Waals surface area contributed by atoms with E-state index in [0.717, 1.165) is 19.3 Å². The van der Waals surface area contributed by atoms with Gasteiger partial charge in [-0.2, -0.15) is 8.78 Å². The van der Waals surface area contributed by atoms with Gasteiger partial charge in [-0.05, 0) is 31.4 Å². The standard InChI is InChI=1S/C18H24F2N2O4/c1-24-15-7-9-22(12-18(15)8-4-10-25-18)11-16(23)21-13-5-2-3-6-14(13)26-17(19)20/h2-3,5-6,15,17H,4,7-12H2,1H3,(H,21,23). The van der Waals surface area contributed by atoms with Crippen LogP contribution in [0.4, 0.5) is 14.5 Å². The second kappa shape index (κ2) is 8.28. The smallest absolute Gasteiger partial charge is 0.387 e. The van der Waals surface area contributed by atoms with Crippen LogP contribution < -0.4 is 10.1 Å². The fraction of sp³-hybridized carbons (Fsp3) is 0.611. The van der Waals surface area contributed by atoms with Crippen molar-refractivity contribution < 1.29 is 27.8 Å². The van der Waals surface area contributed by atoms with E-state index in [1.807, 2.05) is 4.90 Å². The Morgan fingerprint density at radius 1 is 1.46 bits per heavy atom. The number of halogens is 2. The molecule has 1 spiro atoms. The van der Waals surface area contributed by atoms with Gasteiger partial charge >= 0.3 is 6.61 Å². The van der Waals surface area contributed by atoms with E-state index in [4.69, 9.17) is 9.47 Å². The average molecular weight is 370 g/mol. The molecule has 0 saturated carbocycles. The molecule has 1 amide bonds. The fourth-order valence-corrected chi connectivity index (χ4v) is 3.85. The molecule has 0 aliphatic carbocycles. The maximum atomic E-state index is 12.5. The van der Waals surface area contributed by atoms with Crippen molar-refractivity contribution in [2.24, 2.45) is 0 Å². The zero-order valence-corrected chi connectivity index (χ0v) is 14.7. The van der Waals surface area contributed by atoms with Crippen molar-refractivity contribution in [2.75, 3.05) is 38.7 Å². The monoisotopic (exact) mass is 370 g/mol. The highest BCUT2D eigenvalue weighted by atomic mass is 19.3. The quantitative estimate of drug-likeness (QED) is 0.834. The Kier molecular flexibility index (Phi) is 6.05. The molecule has 2 saturated heterocycles. The molecule has 3 rings (SSSR count). The lowest BCUT2D eigenvalue weighted by Gasteiger charge is -2.44. The van der Waals surface area contributed by atoms with E-state index in [-0.39, 0.29) is 35.6 Å². The van der Waals surface area contributed by atoms with E-state index >= 15 is 0 Å². The fourth-order valence-electron chi connectivity index (χ4n) is 3.85. The Hall–Kier alpha value is -1.77. The summed E-state index contributed by atoms with van der Waals surface area (Å²) in [5.41, 5.74) is -0.124. The summed E-state index contributed by atoms with van der Waals surface area (Å²) in [6, 6.07) is 6.16. The summed E-state index contributed by atoms with van der Waals surface area (Å²) in [6.07, 6.45) is 2.71. The number of ether oxygens (including phenoxy) is 3. The summed E-state index contributed by atoms with van der Waals surface area (Å²) < 4.78 is 41.0. The van der Waals surface area contributed by atoms with E-state index in [9.17, 15) is 13.6 Å². The number of benzene rings is 1. The SMILES string of the molecule is COC1CCN(CC(=O)Nc2ccccc2OC(F)F)CC12CCCO2. The number of hydrogen-bond acceptors (Lipinski definition) is 5. The Morgan fingerprint density at radius 3 is 2.96 bits per heavy atom. The van der Waals surface area contributed by atoms with Crippen LogP contribution in [0.1, 0.15) is 19.3 Å². The number of hydrogen-bond donors (Lipinski definition) is 1. The molecular formula is C18H24F2N2O4. The number of rotatable bonds is 6. The number of para-hydroxylation sites is 2. The lowest BCUT2D eigenvalue weighted by molar-refractivity contribution is -0.146. The Morgan fingerprint density at radius 2 is 2.27 bits per heavy atom. The van der Waals surface area contributed by atoms with Crippen LogP contribution in [0.25, 0.3) is 0 Å². The summed E-state index contributed by atoms with van der Waals surface area (Å²) in [5.74, 6) is -0.330. The summed E-state index contributed by atoms with van der Waals surface area (Å²) >= 11 is 0. The van der Waals surface area contributed by atoms with Gasteiger partial charge in [0.1, 0.15) is 11.4 Å². The van der Waals surface area contributed by atoms with E-state index in [0.29, 0.717) is 19.7 Å². The first-order valence-electron chi connectivity index (χ1n) is 8.75. The van der Waals surface area contributed by atoms with Crippen LogP contribution in [-0.2, 0) is 14.3 Å². The van der Waals surface area contributed by atoms with E-state index in [1.165, 1.54) is 12.1 Å². The normalized spacial score (nSPS) is 26.4. The molecule has 2 fully saturated rings. The second-order valence-electron chi connectivity index (χ2n) is 6.66. The third-order valence-corrected chi connectivity index (χ3v) is 4.95. The number of carbonyl (C=O) groups is 1. The zero-order valence-electron chi connectivity index (χ0n) is 14.7. The van der Waals surface area contributed by atoms with Gasteiger partial charge in [0, 0.05) is 26.8 Å². The van der Waals surface area contributed by atoms with Crippen molar-refractivity contribution in [3.8, 4) is 5.75 Å². The summed E-state index contributed by atoms with van der Waals surface area (Å²) in [5, 5.41) is 2.66. The summed E-state index contributed by atoms with van der Waals surface area (Å²) in [6.45, 7) is -0.746. The van der Waals surface area contributed by atoms with Crippen LogP contribution in [0.15, 0.2) is 24.3 Å². The van der Waals surface area contributed by atoms with Gasteiger partial charge in [-0.25, -0.2) is 0 Å². The molecule has 2 atom stereocenters. The molecule has 144 valence electrons. The molecule has 2 aliphatic heterocycles. The topological polar surface area (TPSA) is 60.0 Å². The maximum Gasteiger partial charge on any atom is 0.387 e. The number of likely N-dealkylation sites (tertiary alicyclic amines) is 1. The Bertz CT molecular complexity index is 623. The van der Waals surface area contributed by atoms with Crippen LogP contribution in [0, 0.1) is 0 Å². The van der Waals surface area contributed by atoms with Crippen LogP contribution in [0.2, 0.25) is 0 Å². The van der Waals surface area contributed by atoms with Gasteiger partial charge in [-0.15, -0.1) is 0 Å². The van der Waals surface area contributed by atoms with Gasteiger partial charge in [0.2, 0.25) is 5.91 Å². The molecule has 0 bridgehead atoms. The van der Waals surface area contributed by atoms with E-state index in [1.54, 1.807) is 19.2 Å². The van der Waals surface area contributed by atoms with Crippen LogP contribution in [0.3, 0.4) is 0 Å². The van der Waals surface area contributed by atoms with Crippen molar-refractivity contribution in [1.29, 1.82) is 0 Å². The second-order valence-corrected chi connectivity index (χ2v) is 6.66. The average Bonchev–Trinajstić information content (AvgIpc) is 3.05. The maximum absolute atomic E-state index is 12.5. The molecule has 6 nitrogen and oxygen atoms in total. The van der Waals surface area contributed by atoms with Crippen molar-refractivity contribution in [3.05, 3.63) is 24.3 Å². The third-order valence-electron chi connectivity index (χ3n) is 4.95. The molecule has 26 heavy (non-hydrogen) atoms. The Labute approximate surface area is 151 Å². The Balaban J connectivity index is 1.60. The summed E-state index contributed by atoms with van der Waals surface area (Å²) in [7, 11) is 1.69. The number of carbonyl (C=O) groups excluding carboxylic acids is 1. The predicted molar refractivity (Wildman–Crippen MR) is 91.5 cm³/mol. The molecule has 1 aromatic carbocycles. The lowest BCUT2D eigenvalue weighted by Crippen LogP contribution is -2.58. The highest BCUT2D eigenvalue weighted by Gasteiger charge is 2.47. The molecule has 0 aromatic heterocycles. The molecule has 2 unspecified atom stereocenters. The predicted octanol–water partition coefficient (Wildman–Crippen LogP) is 2.50. The third kappa shape index (κ3) is 4.31. The lowest BCUT2D eigenvalue weighted by atomic mass is 9.87. The van der Waals surface area contributed by atoms with Gasteiger partial charge in [0.25, 0.3) is 0 Å². The molecule has 8 heteroatoms. The number of methoxy groups -OCH3 is 1. The van der Waals surface area contributed by atoms with Gasteiger partial charge < -0.3 is 19.5 Å². The van der Waals surface area contributed by atoms with Crippen molar-refractivity contribution in [2.45, 2.75) is 37.6 Å². The minimum absolute atomic E-state index is 0.0319. The molecule has 2 heterocycles. The molecule has 1 aromatic rings. The number of amides is 1. The minimum Gasteiger partial charge on any atom is -0.433 e. The highest BCUT2D eigenvalue weighted by Crippen LogP contribution is 2.36. The van der Waals surface area contributed by atoms with Crippen molar-refractivity contribution >= 4 is 11.6 Å². The molecule has 2 aliphatic rings. The minimum atomic E-state index is -2.94. The van der Waals surface area contributed by atoms with Gasteiger partial charge in [-0.3, -0.25) is 9.69 Å². The number of anilines is 1. The van der Waals surface area contributed by atoms with Gasteiger partial charge in [0.15, 0.2) is 0 Å². The van der Waals surface area contributed by atoms with Crippen LogP contribution in [-0.4, -0.2) is 62.5 Å². The van der Waals surface area contributed by atoms with Crippen molar-refractivity contribution in [3.63, 3.8) is 0 Å². The van der Waals surface area contributed by atoms with E-state index in [2.05, 4.69) is 10.1 Å². The molecular weight excluding hydrogens is 346 g/mol. The largest absolute Gasteiger partial charge is 0.433 e. The zero-order chi connectivity index (χ0) is 18.6. The van der Waals surface area contributed by atoms with Crippen LogP contribution in [0.5, 0.6) is 5.75 Å². The first-order chi connectivity index (χ1) is 12.5. The first-order valence-corrected chi connectivity index (χ1v) is 8.75. The van der Waals surface area contributed by atoms with Crippen molar-refractivity contribution in [1.82, 2.24) is 4.90 Å². The molecule has 0 radical (unpaired) electrons. The number of alkyl halides is 2. The van der Waals surface area contributed by atoms with Gasteiger partial charge in [0.05, 0.1) is 18.3 Å². The number of piperidine rings is 1. The van der Waals surface area contributed by atoms with Crippen LogP contribution >= 0.6 is 0 Å². The number of nitrogens with one attached hydrogen (secondary N) is 1. The number of nitrogens with zero attached hydrogens (tertiary/aromatic N) is 1. The first kappa shape index (κ1) is 19.0.